The van der Waals surface area contributed by atoms with Crippen LogP contribution >= 0.6 is 0 Å². The Morgan fingerprint density at radius 1 is 1.43 bits per heavy atom. The molecule has 0 fully saturated rings. The van der Waals surface area contributed by atoms with Gasteiger partial charge in [0.25, 0.3) is 0 Å². The van der Waals surface area contributed by atoms with E-state index in [9.17, 15) is 22.8 Å². The molecule has 0 aliphatic carbocycles. The van der Waals surface area contributed by atoms with Crippen molar-refractivity contribution in [1.29, 1.82) is 0 Å². The summed E-state index contributed by atoms with van der Waals surface area (Å²) in [6.45, 7) is -0.116. The number of aromatic carboxylic acids is 1. The fourth-order valence-electron chi connectivity index (χ4n) is 1.49. The van der Waals surface area contributed by atoms with Gasteiger partial charge in [0.2, 0.25) is 5.91 Å². The molecule has 0 spiro atoms. The number of nitrogens with two attached hydrogens (primary N) is 1. The van der Waals surface area contributed by atoms with E-state index in [1.165, 1.54) is 7.11 Å². The molecule has 1 unspecified atom stereocenters. The van der Waals surface area contributed by atoms with Crippen molar-refractivity contribution in [3.63, 3.8) is 0 Å². The minimum Gasteiger partial charge on any atom is -0.478 e. The number of benzene rings is 1. The van der Waals surface area contributed by atoms with Crippen LogP contribution in [0.25, 0.3) is 0 Å². The molecule has 1 rings (SSSR count). The van der Waals surface area contributed by atoms with Crippen molar-refractivity contribution in [2.45, 2.75) is 12.2 Å². The van der Waals surface area contributed by atoms with Crippen LogP contribution < -0.4 is 11.1 Å². The molecule has 1 atom stereocenters. The van der Waals surface area contributed by atoms with Crippen molar-refractivity contribution < 1.29 is 32.6 Å². The fourth-order valence-corrected chi connectivity index (χ4v) is 1.49. The first-order chi connectivity index (χ1) is 9.66. The van der Waals surface area contributed by atoms with Gasteiger partial charge in [0.05, 0.1) is 23.4 Å². The predicted molar refractivity (Wildman–Crippen MR) is 66.9 cm³/mol. The lowest BCUT2D eigenvalue weighted by molar-refractivity contribution is -0.137. The molecule has 1 aromatic carbocycles. The molecule has 6 nitrogen and oxygen atoms in total. The van der Waals surface area contributed by atoms with E-state index in [4.69, 9.17) is 10.8 Å². The van der Waals surface area contributed by atoms with Crippen LogP contribution in [0.1, 0.15) is 15.9 Å². The summed E-state index contributed by atoms with van der Waals surface area (Å²) in [6, 6.07) is 0.909. The minimum absolute atomic E-state index is 0.116. The molecule has 0 radical (unpaired) electrons. The van der Waals surface area contributed by atoms with E-state index in [0.29, 0.717) is 12.1 Å². The highest BCUT2D eigenvalue weighted by Crippen LogP contribution is 2.31. The van der Waals surface area contributed by atoms with Gasteiger partial charge in [-0.25, -0.2) is 4.79 Å². The highest BCUT2D eigenvalue weighted by Gasteiger charge is 2.32. The number of amides is 1. The third-order valence-corrected chi connectivity index (χ3v) is 2.52. The van der Waals surface area contributed by atoms with E-state index in [-0.39, 0.29) is 12.3 Å². The van der Waals surface area contributed by atoms with Gasteiger partial charge in [-0.1, -0.05) is 0 Å². The lowest BCUT2D eigenvalue weighted by atomic mass is 10.1. The number of ether oxygens (including phenoxy) is 1. The Bertz CT molecular complexity index is 546. The summed E-state index contributed by atoms with van der Waals surface area (Å²) in [5.41, 5.74) is 3.36. The molecular formula is C12H13F3N2O4. The second kappa shape index (κ2) is 6.55. The van der Waals surface area contributed by atoms with Gasteiger partial charge in [0.15, 0.2) is 0 Å². The number of nitrogens with one attached hydrogen (secondary N) is 1. The zero-order chi connectivity index (χ0) is 16.2. The third-order valence-electron chi connectivity index (χ3n) is 2.52. The molecule has 0 aromatic heterocycles. The molecule has 9 heteroatoms. The summed E-state index contributed by atoms with van der Waals surface area (Å²) < 4.78 is 42.3. The molecule has 0 heterocycles. The average Bonchev–Trinajstić information content (AvgIpc) is 2.37. The van der Waals surface area contributed by atoms with Gasteiger partial charge >= 0.3 is 12.1 Å². The van der Waals surface area contributed by atoms with Crippen molar-refractivity contribution in [3.05, 3.63) is 29.3 Å². The summed E-state index contributed by atoms with van der Waals surface area (Å²) in [5, 5.41) is 11.1. The zero-order valence-corrected chi connectivity index (χ0v) is 10.9. The molecule has 21 heavy (non-hydrogen) atoms. The summed E-state index contributed by atoms with van der Waals surface area (Å²) in [4.78, 5) is 22.6. The topological polar surface area (TPSA) is 102 Å². The van der Waals surface area contributed by atoms with Gasteiger partial charge in [0.1, 0.15) is 6.04 Å². The van der Waals surface area contributed by atoms with Crippen LogP contribution in [-0.4, -0.2) is 36.7 Å². The number of anilines is 1. The number of rotatable bonds is 5. The minimum atomic E-state index is -4.68. The van der Waals surface area contributed by atoms with Crippen LogP contribution in [0, 0.1) is 0 Å². The van der Waals surface area contributed by atoms with Crippen molar-refractivity contribution in [2.24, 2.45) is 5.73 Å². The number of carbonyl (C=O) groups excluding carboxylic acids is 1. The molecule has 0 saturated heterocycles. The van der Waals surface area contributed by atoms with Crippen LogP contribution in [0.3, 0.4) is 0 Å². The first kappa shape index (κ1) is 16.9. The van der Waals surface area contributed by atoms with Gasteiger partial charge in [-0.15, -0.1) is 0 Å². The number of hydrogen-bond acceptors (Lipinski definition) is 4. The Kier molecular flexibility index (Phi) is 5.28. The fraction of sp³-hybridized carbons (Fsp3) is 0.333. The summed E-state index contributed by atoms with van der Waals surface area (Å²) >= 11 is 0. The molecule has 1 amide bonds. The third kappa shape index (κ3) is 4.43. The van der Waals surface area contributed by atoms with Crippen LogP contribution in [0.2, 0.25) is 0 Å². The lowest BCUT2D eigenvalue weighted by Gasteiger charge is -2.14. The largest absolute Gasteiger partial charge is 0.478 e. The monoisotopic (exact) mass is 306 g/mol. The first-order valence-corrected chi connectivity index (χ1v) is 5.66. The molecule has 116 valence electrons. The van der Waals surface area contributed by atoms with Crippen molar-refractivity contribution in [1.82, 2.24) is 0 Å². The molecule has 4 N–H and O–H groups in total. The zero-order valence-electron chi connectivity index (χ0n) is 10.9. The lowest BCUT2D eigenvalue weighted by Crippen LogP contribution is -2.39. The SMILES string of the molecule is COCC(N)C(=O)Nc1ccc(C(F)(F)F)cc1C(=O)O. The number of methoxy groups -OCH3 is 1. The Hall–Kier alpha value is -2.13. The van der Waals surface area contributed by atoms with Crippen LogP contribution in [0.5, 0.6) is 0 Å². The number of carboxylic acids is 1. The van der Waals surface area contributed by atoms with Gasteiger partial charge in [-0.05, 0) is 18.2 Å². The van der Waals surface area contributed by atoms with Gasteiger partial charge < -0.3 is 20.9 Å². The van der Waals surface area contributed by atoms with Crippen molar-refractivity contribution in [3.8, 4) is 0 Å². The molecule has 0 bridgehead atoms. The molecule has 0 saturated carbocycles. The van der Waals surface area contributed by atoms with Crippen molar-refractivity contribution >= 4 is 17.6 Å². The average molecular weight is 306 g/mol. The van der Waals surface area contributed by atoms with Crippen LogP contribution in [-0.2, 0) is 15.7 Å². The Balaban J connectivity index is 3.08. The number of carboxylic acid groups (broad SMARTS) is 1. The second-order valence-corrected chi connectivity index (χ2v) is 4.11. The van der Waals surface area contributed by atoms with E-state index in [2.05, 4.69) is 10.1 Å². The second-order valence-electron chi connectivity index (χ2n) is 4.11. The van der Waals surface area contributed by atoms with E-state index >= 15 is 0 Å². The predicted octanol–water partition coefficient (Wildman–Crippen LogP) is 1.32. The molecule has 0 aliphatic heterocycles. The first-order valence-electron chi connectivity index (χ1n) is 5.66. The standard InChI is InChI=1S/C12H13F3N2O4/c1-21-5-8(16)10(18)17-9-3-2-6(12(13,14)15)4-7(9)11(19)20/h2-4,8H,5,16H2,1H3,(H,17,18)(H,19,20). The Morgan fingerprint density at radius 2 is 2.05 bits per heavy atom. The van der Waals surface area contributed by atoms with Crippen molar-refractivity contribution in [2.75, 3.05) is 19.0 Å². The number of carbonyl (C=O) groups is 2. The smallest absolute Gasteiger partial charge is 0.416 e. The normalized spacial score (nSPS) is 12.8. The maximum Gasteiger partial charge on any atom is 0.416 e. The summed E-state index contributed by atoms with van der Waals surface area (Å²) in [7, 11) is 1.31. The van der Waals surface area contributed by atoms with Gasteiger partial charge in [-0.2, -0.15) is 13.2 Å². The number of hydrogen-bond donors (Lipinski definition) is 3. The maximum absolute atomic E-state index is 12.5. The molecular weight excluding hydrogens is 293 g/mol. The highest BCUT2D eigenvalue weighted by atomic mass is 19.4. The molecule has 1 aromatic rings. The molecule has 0 aliphatic rings. The van der Waals surface area contributed by atoms with Gasteiger partial charge in [0, 0.05) is 7.11 Å². The summed E-state index contributed by atoms with van der Waals surface area (Å²) in [5.74, 6) is -2.36. The maximum atomic E-state index is 12.5. The Morgan fingerprint density at radius 3 is 2.52 bits per heavy atom. The number of alkyl halides is 3. The van der Waals surface area contributed by atoms with E-state index in [0.717, 1.165) is 6.07 Å². The van der Waals surface area contributed by atoms with E-state index < -0.39 is 35.2 Å². The van der Waals surface area contributed by atoms with Crippen LogP contribution in [0.15, 0.2) is 18.2 Å². The number of halogens is 3. The highest BCUT2D eigenvalue weighted by molar-refractivity contribution is 6.02. The summed E-state index contributed by atoms with van der Waals surface area (Å²) in [6.07, 6.45) is -4.68. The van der Waals surface area contributed by atoms with E-state index in [1.54, 1.807) is 0 Å². The quantitative estimate of drug-likeness (QED) is 0.761. The Labute approximate surface area is 117 Å². The van der Waals surface area contributed by atoms with E-state index in [1.807, 2.05) is 0 Å². The van der Waals surface area contributed by atoms with Crippen LogP contribution in [0.4, 0.5) is 18.9 Å². The van der Waals surface area contributed by atoms with Gasteiger partial charge in [-0.3, -0.25) is 4.79 Å².